The van der Waals surface area contributed by atoms with E-state index in [0.717, 1.165) is 0 Å². The molecular weight excluding hydrogens is 601 g/mol. The Hall–Kier alpha value is -1.99. The smallest absolute Gasteiger partial charge is 0.231 e. The van der Waals surface area contributed by atoms with Gasteiger partial charge in [-0.1, -0.05) is 58.5 Å². The van der Waals surface area contributed by atoms with Gasteiger partial charge in [-0.3, -0.25) is 14.4 Å². The number of carbonyl (C=O) groups is 3. The molecule has 0 radical (unpaired) electrons. The van der Waals surface area contributed by atoms with Crippen molar-refractivity contribution in [2.24, 2.45) is 5.92 Å². The van der Waals surface area contributed by atoms with Gasteiger partial charge in [0.25, 0.3) is 0 Å². The highest BCUT2D eigenvalue weighted by Crippen LogP contribution is 2.65. The molecule has 0 spiro atoms. The maximum atomic E-state index is 13.1. The van der Waals surface area contributed by atoms with Crippen molar-refractivity contribution in [2.45, 2.75) is 23.6 Å². The number of nitrogens with one attached hydrogen (secondary N) is 2. The number of halogens is 6. The zero-order valence-corrected chi connectivity index (χ0v) is 23.6. The molecular formula is C26H18Cl6N2O3. The van der Waals surface area contributed by atoms with Crippen LogP contribution in [0.4, 0.5) is 11.4 Å². The zero-order chi connectivity index (χ0) is 27.1. The van der Waals surface area contributed by atoms with Crippen molar-refractivity contribution in [1.82, 2.24) is 0 Å². The summed E-state index contributed by atoms with van der Waals surface area (Å²) in [7, 11) is 0. The molecule has 2 N–H and O–H groups in total. The molecule has 1 fully saturated rings. The molecule has 1 saturated carbocycles. The number of anilines is 2. The fourth-order valence-corrected chi connectivity index (χ4v) is 5.99. The van der Waals surface area contributed by atoms with E-state index in [1.807, 2.05) is 0 Å². The molecule has 2 unspecified atom stereocenters. The van der Waals surface area contributed by atoms with E-state index in [9.17, 15) is 14.4 Å². The van der Waals surface area contributed by atoms with Crippen molar-refractivity contribution in [3.8, 4) is 0 Å². The van der Waals surface area contributed by atoms with Crippen molar-refractivity contribution in [2.75, 3.05) is 10.6 Å². The fourth-order valence-electron chi connectivity index (χ4n) is 4.08. The van der Waals surface area contributed by atoms with Gasteiger partial charge in [-0.15, -0.1) is 23.2 Å². The molecule has 0 aromatic heterocycles. The lowest BCUT2D eigenvalue weighted by Crippen LogP contribution is -2.18. The van der Waals surface area contributed by atoms with Crippen LogP contribution >= 0.6 is 69.6 Å². The van der Waals surface area contributed by atoms with Crippen molar-refractivity contribution >= 4 is 98.6 Å². The molecule has 0 saturated heterocycles. The average Bonchev–Trinajstić information content (AvgIpc) is 3.38. The summed E-state index contributed by atoms with van der Waals surface area (Å²) in [4.78, 5) is 37.3. The third-order valence-corrected chi connectivity index (χ3v) is 7.84. The van der Waals surface area contributed by atoms with E-state index >= 15 is 0 Å². The van der Waals surface area contributed by atoms with Crippen molar-refractivity contribution in [3.05, 3.63) is 91.4 Å². The molecule has 3 aromatic carbocycles. The van der Waals surface area contributed by atoms with Gasteiger partial charge in [0.15, 0.2) is 5.78 Å². The van der Waals surface area contributed by atoms with Crippen LogP contribution in [0.1, 0.15) is 34.3 Å². The minimum Gasteiger partial charge on any atom is -0.326 e. The first kappa shape index (κ1) is 28.0. The molecule has 0 bridgehead atoms. The molecule has 3 aromatic rings. The Kier molecular flexibility index (Phi) is 8.34. The van der Waals surface area contributed by atoms with Crippen LogP contribution in [0.2, 0.25) is 20.1 Å². The molecule has 37 heavy (non-hydrogen) atoms. The standard InChI is InChI=1S/C26H18Cl6N2O3/c1-12(35)33-17-4-2-13(3-5-17)6-22(36)18-10-21(20(30)11-19(18)29)34-25(37)24-23(26(24,31)32)14-7-15(27)9-16(28)8-14/h2-5,7-11,23-24H,6H2,1H3,(H,33,35)(H,34,37). The van der Waals surface area contributed by atoms with E-state index < -0.39 is 22.1 Å². The highest BCUT2D eigenvalue weighted by molar-refractivity contribution is 6.53. The molecule has 2 atom stereocenters. The number of Topliss-reactive ketones (excluding diaryl/α,β-unsaturated/α-hetero) is 1. The van der Waals surface area contributed by atoms with Gasteiger partial charge in [0.1, 0.15) is 4.33 Å². The van der Waals surface area contributed by atoms with Crippen LogP contribution < -0.4 is 10.6 Å². The second-order valence-electron chi connectivity index (χ2n) is 8.61. The summed E-state index contributed by atoms with van der Waals surface area (Å²) in [5, 5.41) is 6.46. The van der Waals surface area contributed by atoms with Gasteiger partial charge < -0.3 is 10.6 Å². The number of hydrogen-bond acceptors (Lipinski definition) is 3. The number of hydrogen-bond donors (Lipinski definition) is 2. The minimum atomic E-state index is -1.38. The molecule has 0 aliphatic heterocycles. The Morgan fingerprint density at radius 3 is 2.05 bits per heavy atom. The number of amides is 2. The third-order valence-electron chi connectivity index (χ3n) is 5.83. The normalized spacial score (nSPS) is 17.7. The summed E-state index contributed by atoms with van der Waals surface area (Å²) in [6, 6.07) is 14.5. The van der Waals surface area contributed by atoms with Crippen LogP contribution in [0.25, 0.3) is 0 Å². The Labute approximate surface area is 243 Å². The van der Waals surface area contributed by atoms with Crippen LogP contribution in [0.15, 0.2) is 54.6 Å². The van der Waals surface area contributed by atoms with Crippen LogP contribution in [0, 0.1) is 5.92 Å². The fraction of sp³-hybridized carbons (Fsp3) is 0.192. The van der Waals surface area contributed by atoms with Crippen LogP contribution in [-0.2, 0) is 16.0 Å². The quantitative estimate of drug-likeness (QED) is 0.207. The predicted molar refractivity (Wildman–Crippen MR) is 151 cm³/mol. The lowest BCUT2D eigenvalue weighted by Gasteiger charge is -2.12. The monoisotopic (exact) mass is 616 g/mol. The summed E-state index contributed by atoms with van der Waals surface area (Å²) < 4.78 is -1.38. The Bertz CT molecular complexity index is 1390. The summed E-state index contributed by atoms with van der Waals surface area (Å²) >= 11 is 37.7. The van der Waals surface area contributed by atoms with Crippen molar-refractivity contribution in [1.29, 1.82) is 0 Å². The first-order valence-electron chi connectivity index (χ1n) is 10.9. The van der Waals surface area contributed by atoms with Gasteiger partial charge in [-0.05, 0) is 53.6 Å². The highest BCUT2D eigenvalue weighted by atomic mass is 35.5. The summed E-state index contributed by atoms with van der Waals surface area (Å²) in [6.45, 7) is 1.41. The number of carbonyl (C=O) groups excluding carboxylic acids is 3. The van der Waals surface area contributed by atoms with Gasteiger partial charge in [-0.2, -0.15) is 0 Å². The first-order valence-corrected chi connectivity index (χ1v) is 13.2. The molecule has 2 amide bonds. The second kappa shape index (κ2) is 11.0. The van der Waals surface area contributed by atoms with E-state index in [1.54, 1.807) is 42.5 Å². The van der Waals surface area contributed by atoms with E-state index in [1.165, 1.54) is 19.1 Å². The molecule has 4 rings (SSSR count). The Morgan fingerprint density at radius 2 is 1.46 bits per heavy atom. The Morgan fingerprint density at radius 1 is 0.838 bits per heavy atom. The number of benzene rings is 3. The number of ketones is 1. The van der Waals surface area contributed by atoms with Crippen molar-refractivity contribution < 1.29 is 14.4 Å². The molecule has 0 heterocycles. The molecule has 1 aliphatic rings. The SMILES string of the molecule is CC(=O)Nc1ccc(CC(=O)c2cc(NC(=O)C3C(c4cc(Cl)cc(Cl)c4)C3(Cl)Cl)c(Cl)cc2Cl)cc1. The summed E-state index contributed by atoms with van der Waals surface area (Å²) in [6.07, 6.45) is 0.0434. The number of alkyl halides is 2. The van der Waals surface area contributed by atoms with Crippen LogP contribution in [-0.4, -0.2) is 21.9 Å². The lowest BCUT2D eigenvalue weighted by molar-refractivity contribution is -0.117. The van der Waals surface area contributed by atoms with E-state index in [0.29, 0.717) is 26.9 Å². The van der Waals surface area contributed by atoms with E-state index in [4.69, 9.17) is 69.6 Å². The maximum absolute atomic E-state index is 13.1. The van der Waals surface area contributed by atoms with Gasteiger partial charge in [0, 0.05) is 40.6 Å². The summed E-state index contributed by atoms with van der Waals surface area (Å²) in [5.41, 5.74) is 2.34. The Balaban J connectivity index is 1.51. The first-order chi connectivity index (χ1) is 17.4. The van der Waals surface area contributed by atoms with Gasteiger partial charge in [0.05, 0.1) is 21.7 Å². The van der Waals surface area contributed by atoms with Crippen molar-refractivity contribution in [3.63, 3.8) is 0 Å². The maximum Gasteiger partial charge on any atom is 0.231 e. The third kappa shape index (κ3) is 6.36. The molecule has 192 valence electrons. The van der Waals surface area contributed by atoms with E-state index in [-0.39, 0.29) is 39.4 Å². The minimum absolute atomic E-state index is 0.0434. The van der Waals surface area contributed by atoms with Crippen LogP contribution in [0.3, 0.4) is 0 Å². The molecule has 1 aliphatic carbocycles. The van der Waals surface area contributed by atoms with Gasteiger partial charge in [-0.25, -0.2) is 0 Å². The molecule has 5 nitrogen and oxygen atoms in total. The lowest BCUT2D eigenvalue weighted by atomic mass is 10.0. The predicted octanol–water partition coefficient (Wildman–Crippen LogP) is 8.21. The van der Waals surface area contributed by atoms with Gasteiger partial charge >= 0.3 is 0 Å². The highest BCUT2D eigenvalue weighted by Gasteiger charge is 2.67. The second-order valence-corrected chi connectivity index (χ2v) is 11.7. The zero-order valence-electron chi connectivity index (χ0n) is 19.1. The average molecular weight is 619 g/mol. The largest absolute Gasteiger partial charge is 0.326 e. The van der Waals surface area contributed by atoms with Crippen LogP contribution in [0.5, 0.6) is 0 Å². The molecule has 11 heteroatoms. The summed E-state index contributed by atoms with van der Waals surface area (Å²) in [5.74, 6) is -2.31. The topological polar surface area (TPSA) is 75.3 Å². The van der Waals surface area contributed by atoms with E-state index in [2.05, 4.69) is 10.6 Å². The van der Waals surface area contributed by atoms with Gasteiger partial charge in [0.2, 0.25) is 11.8 Å². The number of rotatable bonds is 7.